The number of aromatic amines is 1. The molecule has 3 N–H and O–H groups in total. The Balaban J connectivity index is 1.48. The largest absolute Gasteiger partial charge is 0.358 e. The van der Waals surface area contributed by atoms with Crippen molar-refractivity contribution < 1.29 is 9.59 Å². The van der Waals surface area contributed by atoms with Crippen molar-refractivity contribution in [3.8, 4) is 0 Å². The number of carbonyl (C=O) groups excluding carboxylic acids is 2. The second kappa shape index (κ2) is 7.89. The lowest BCUT2D eigenvalue weighted by Gasteiger charge is -2.11. The zero-order valence-electron chi connectivity index (χ0n) is 16.1. The maximum atomic E-state index is 12.7. The van der Waals surface area contributed by atoms with Gasteiger partial charge in [-0.3, -0.25) is 9.59 Å². The highest BCUT2D eigenvalue weighted by Gasteiger charge is 2.16. The number of hydrogen-bond donors (Lipinski definition) is 3. The molecule has 0 saturated carbocycles. The van der Waals surface area contributed by atoms with Crippen molar-refractivity contribution in [3.05, 3.63) is 70.4 Å². The summed E-state index contributed by atoms with van der Waals surface area (Å²) >= 11 is 0. The van der Waals surface area contributed by atoms with Gasteiger partial charge in [0.1, 0.15) is 0 Å². The highest BCUT2D eigenvalue weighted by Crippen LogP contribution is 2.29. The van der Waals surface area contributed by atoms with Crippen LogP contribution in [0.3, 0.4) is 0 Å². The lowest BCUT2D eigenvalue weighted by Crippen LogP contribution is -2.24. The molecule has 144 valence electrons. The van der Waals surface area contributed by atoms with Crippen LogP contribution in [0.1, 0.15) is 57.3 Å². The topological polar surface area (TPSA) is 74.0 Å². The molecular formula is C23H25N3O2. The number of aryl methyl sites for hydroxylation is 2. The maximum Gasteiger partial charge on any atom is 0.251 e. The Labute approximate surface area is 164 Å². The highest BCUT2D eigenvalue weighted by atomic mass is 16.2. The molecule has 0 bridgehead atoms. The van der Waals surface area contributed by atoms with E-state index in [1.807, 2.05) is 43.3 Å². The zero-order valence-corrected chi connectivity index (χ0v) is 16.1. The van der Waals surface area contributed by atoms with Gasteiger partial charge in [-0.2, -0.15) is 0 Å². The molecule has 0 unspecified atom stereocenters. The van der Waals surface area contributed by atoms with Crippen LogP contribution in [0.25, 0.3) is 10.9 Å². The van der Waals surface area contributed by atoms with Crippen LogP contribution in [0.15, 0.2) is 42.5 Å². The molecule has 0 atom stereocenters. The average Bonchev–Trinajstić information content (AvgIpc) is 3.10. The number of hydrogen-bond acceptors (Lipinski definition) is 2. The minimum absolute atomic E-state index is 0.0987. The molecule has 28 heavy (non-hydrogen) atoms. The third kappa shape index (κ3) is 3.65. The summed E-state index contributed by atoms with van der Waals surface area (Å²) in [6, 6.07) is 13.2. The predicted octanol–water partition coefficient (Wildman–Crippen LogP) is 3.73. The Morgan fingerprint density at radius 3 is 2.61 bits per heavy atom. The summed E-state index contributed by atoms with van der Waals surface area (Å²) in [7, 11) is 0. The molecule has 5 nitrogen and oxygen atoms in total. The second-order valence-corrected chi connectivity index (χ2v) is 7.29. The molecule has 1 aliphatic rings. The molecule has 1 heterocycles. The van der Waals surface area contributed by atoms with Crippen molar-refractivity contribution in [2.24, 2.45) is 0 Å². The molecule has 2 aromatic carbocycles. The summed E-state index contributed by atoms with van der Waals surface area (Å²) in [5.74, 6) is -0.200. The van der Waals surface area contributed by atoms with Crippen LogP contribution in [0.4, 0.5) is 0 Å². The number of carbonyl (C=O) groups is 2. The van der Waals surface area contributed by atoms with Crippen molar-refractivity contribution in [1.82, 2.24) is 15.6 Å². The Bertz CT molecular complexity index is 1040. The van der Waals surface area contributed by atoms with Crippen LogP contribution in [0.2, 0.25) is 0 Å². The van der Waals surface area contributed by atoms with E-state index in [4.69, 9.17) is 0 Å². The minimum Gasteiger partial charge on any atom is -0.358 e. The Hall–Kier alpha value is -3.08. The third-order valence-electron chi connectivity index (χ3n) is 5.34. The summed E-state index contributed by atoms with van der Waals surface area (Å²) in [4.78, 5) is 28.1. The van der Waals surface area contributed by atoms with Crippen LogP contribution < -0.4 is 10.6 Å². The molecule has 0 fully saturated rings. The Morgan fingerprint density at radius 2 is 1.75 bits per heavy atom. The summed E-state index contributed by atoms with van der Waals surface area (Å²) in [6.07, 6.45) is 4.60. The third-order valence-corrected chi connectivity index (χ3v) is 5.34. The van der Waals surface area contributed by atoms with Gasteiger partial charge in [0.2, 0.25) is 0 Å². The van der Waals surface area contributed by atoms with Gasteiger partial charge in [-0.25, -0.2) is 0 Å². The first-order valence-electron chi connectivity index (χ1n) is 9.94. The van der Waals surface area contributed by atoms with Gasteiger partial charge >= 0.3 is 0 Å². The van der Waals surface area contributed by atoms with E-state index in [1.165, 1.54) is 29.5 Å². The molecule has 4 rings (SSSR count). The first-order valence-corrected chi connectivity index (χ1v) is 9.94. The van der Waals surface area contributed by atoms with Crippen molar-refractivity contribution in [2.75, 3.05) is 6.54 Å². The highest BCUT2D eigenvalue weighted by molar-refractivity contribution is 5.99. The molecule has 5 heteroatoms. The van der Waals surface area contributed by atoms with Crippen LogP contribution in [-0.2, 0) is 19.4 Å². The van der Waals surface area contributed by atoms with Crippen molar-refractivity contribution in [3.63, 3.8) is 0 Å². The fourth-order valence-corrected chi connectivity index (χ4v) is 3.92. The van der Waals surface area contributed by atoms with Gasteiger partial charge in [-0.15, -0.1) is 0 Å². The van der Waals surface area contributed by atoms with E-state index < -0.39 is 0 Å². The second-order valence-electron chi connectivity index (χ2n) is 7.29. The van der Waals surface area contributed by atoms with Crippen LogP contribution >= 0.6 is 0 Å². The molecule has 2 amide bonds. The smallest absolute Gasteiger partial charge is 0.251 e. The van der Waals surface area contributed by atoms with Crippen molar-refractivity contribution >= 4 is 22.7 Å². The van der Waals surface area contributed by atoms with Crippen molar-refractivity contribution in [2.45, 2.75) is 39.2 Å². The number of nitrogens with one attached hydrogen (secondary N) is 3. The normalized spacial score (nSPS) is 13.2. The quantitative estimate of drug-likeness (QED) is 0.636. The molecule has 0 saturated heterocycles. The van der Waals surface area contributed by atoms with Crippen molar-refractivity contribution in [1.29, 1.82) is 0 Å². The van der Waals surface area contributed by atoms with Gasteiger partial charge in [0.05, 0.1) is 0 Å². The van der Waals surface area contributed by atoms with Gasteiger partial charge in [-0.05, 0) is 74.1 Å². The first-order chi connectivity index (χ1) is 13.7. The fraction of sp³-hybridized carbons (Fsp3) is 0.304. The van der Waals surface area contributed by atoms with Crippen LogP contribution in [0, 0.1) is 0 Å². The summed E-state index contributed by atoms with van der Waals surface area (Å²) < 4.78 is 0. The van der Waals surface area contributed by atoms with E-state index >= 15 is 0 Å². The minimum atomic E-state index is -0.101. The number of amides is 2. The fourth-order valence-electron chi connectivity index (χ4n) is 3.92. The summed E-state index contributed by atoms with van der Waals surface area (Å²) in [5, 5.41) is 6.93. The van der Waals surface area contributed by atoms with E-state index in [2.05, 4.69) is 15.6 Å². The number of fused-ring (bicyclic) bond motifs is 3. The SMILES string of the molecule is CCNC(=O)c1cccc(CNC(=O)c2ccc3[nH]c4c(c3c2)CCCC4)c1. The standard InChI is InChI=1S/C23H25N3O2/c1-2-24-22(27)16-7-5-6-15(12-16)14-25-23(28)17-10-11-21-19(13-17)18-8-3-4-9-20(18)26-21/h5-7,10-13,26H,2-4,8-9,14H2,1H3,(H,24,27)(H,25,28). The molecule has 1 aromatic heterocycles. The van der Waals surface area contributed by atoms with E-state index in [0.29, 0.717) is 24.2 Å². The van der Waals surface area contributed by atoms with Gasteiger partial charge in [0.25, 0.3) is 11.8 Å². The van der Waals surface area contributed by atoms with Crippen LogP contribution in [-0.4, -0.2) is 23.3 Å². The molecule has 0 aliphatic heterocycles. The van der Waals surface area contributed by atoms with E-state index in [9.17, 15) is 9.59 Å². The van der Waals surface area contributed by atoms with E-state index in [-0.39, 0.29) is 11.8 Å². The van der Waals surface area contributed by atoms with Gasteiger partial charge in [-0.1, -0.05) is 12.1 Å². The monoisotopic (exact) mass is 375 g/mol. The first kappa shape index (κ1) is 18.3. The van der Waals surface area contributed by atoms with E-state index in [0.717, 1.165) is 23.9 Å². The van der Waals surface area contributed by atoms with E-state index in [1.54, 1.807) is 6.07 Å². The molecule has 3 aromatic rings. The average molecular weight is 375 g/mol. The zero-order chi connectivity index (χ0) is 19.5. The molecule has 1 aliphatic carbocycles. The van der Waals surface area contributed by atoms with Gasteiger partial charge in [0.15, 0.2) is 0 Å². The maximum absolute atomic E-state index is 12.7. The number of rotatable bonds is 5. The van der Waals surface area contributed by atoms with Gasteiger partial charge < -0.3 is 15.6 Å². The number of H-pyrrole nitrogens is 1. The molecular weight excluding hydrogens is 350 g/mol. The lowest BCUT2D eigenvalue weighted by molar-refractivity contribution is 0.0947. The Morgan fingerprint density at radius 1 is 0.964 bits per heavy atom. The molecule has 0 radical (unpaired) electrons. The number of aromatic nitrogens is 1. The lowest BCUT2D eigenvalue weighted by atomic mass is 9.95. The predicted molar refractivity (Wildman–Crippen MR) is 111 cm³/mol. The Kier molecular flexibility index (Phi) is 5.15. The van der Waals surface area contributed by atoms with Crippen LogP contribution in [0.5, 0.6) is 0 Å². The molecule has 0 spiro atoms. The summed E-state index contributed by atoms with van der Waals surface area (Å²) in [6.45, 7) is 2.86. The van der Waals surface area contributed by atoms with Gasteiger partial charge in [0, 0.05) is 40.8 Å². The number of benzene rings is 2. The summed E-state index contributed by atoms with van der Waals surface area (Å²) in [5.41, 5.74) is 5.97.